The molecular formula is C21H24N2O3S. The van der Waals surface area contributed by atoms with Crippen molar-refractivity contribution < 1.29 is 13.2 Å². The molecule has 1 unspecified atom stereocenters. The SMILES string of the molecule is Cc1cccc2c1N(C(=O)C1CCCN(S(=O)(=O)c3ccccc3)C1)CC2. The maximum absolute atomic E-state index is 13.2. The maximum atomic E-state index is 13.2. The number of carbonyl (C=O) groups excluding carboxylic acids is 1. The fraction of sp³-hybridized carbons (Fsp3) is 0.381. The van der Waals surface area contributed by atoms with Gasteiger partial charge in [0, 0.05) is 25.3 Å². The number of aryl methyl sites for hydroxylation is 1. The van der Waals surface area contributed by atoms with Crippen LogP contribution >= 0.6 is 0 Å². The Balaban J connectivity index is 1.56. The number of nitrogens with zero attached hydrogens (tertiary/aromatic N) is 2. The first-order valence-electron chi connectivity index (χ1n) is 9.43. The quantitative estimate of drug-likeness (QED) is 0.817. The second-order valence-corrected chi connectivity index (χ2v) is 9.28. The molecule has 2 aromatic carbocycles. The first kappa shape index (κ1) is 18.2. The number of para-hydroxylation sites is 1. The number of sulfonamides is 1. The zero-order valence-corrected chi connectivity index (χ0v) is 16.3. The summed E-state index contributed by atoms with van der Waals surface area (Å²) in [5.41, 5.74) is 3.32. The van der Waals surface area contributed by atoms with Crippen LogP contribution in [0.1, 0.15) is 24.0 Å². The van der Waals surface area contributed by atoms with E-state index in [0.717, 1.165) is 24.1 Å². The van der Waals surface area contributed by atoms with E-state index in [0.29, 0.717) is 24.4 Å². The van der Waals surface area contributed by atoms with E-state index in [1.165, 1.54) is 9.87 Å². The largest absolute Gasteiger partial charge is 0.311 e. The highest BCUT2D eigenvalue weighted by Gasteiger charge is 2.37. The van der Waals surface area contributed by atoms with Crippen molar-refractivity contribution in [2.24, 2.45) is 5.92 Å². The van der Waals surface area contributed by atoms with Crippen molar-refractivity contribution >= 4 is 21.6 Å². The lowest BCUT2D eigenvalue weighted by Gasteiger charge is -2.33. The third-order valence-electron chi connectivity index (χ3n) is 5.58. The smallest absolute Gasteiger partial charge is 0.243 e. The van der Waals surface area contributed by atoms with Crippen molar-refractivity contribution in [2.45, 2.75) is 31.1 Å². The number of fused-ring (bicyclic) bond motifs is 1. The zero-order valence-electron chi connectivity index (χ0n) is 15.5. The molecule has 1 amide bonds. The lowest BCUT2D eigenvalue weighted by Crippen LogP contribution is -2.46. The molecule has 0 spiro atoms. The summed E-state index contributed by atoms with van der Waals surface area (Å²) >= 11 is 0. The first-order valence-corrected chi connectivity index (χ1v) is 10.9. The fourth-order valence-electron chi connectivity index (χ4n) is 4.20. The molecule has 5 nitrogen and oxygen atoms in total. The van der Waals surface area contributed by atoms with Gasteiger partial charge in [0.15, 0.2) is 0 Å². The molecule has 0 saturated carbocycles. The highest BCUT2D eigenvalue weighted by atomic mass is 32.2. The van der Waals surface area contributed by atoms with Crippen LogP contribution in [0, 0.1) is 12.8 Å². The molecule has 2 aromatic rings. The summed E-state index contributed by atoms with van der Waals surface area (Å²) < 4.78 is 27.3. The van der Waals surface area contributed by atoms with Crippen molar-refractivity contribution in [3.8, 4) is 0 Å². The number of carbonyl (C=O) groups is 1. The number of hydrogen-bond acceptors (Lipinski definition) is 3. The Bertz CT molecular complexity index is 957. The molecule has 0 N–H and O–H groups in total. The Morgan fingerprint density at radius 3 is 2.59 bits per heavy atom. The summed E-state index contributed by atoms with van der Waals surface area (Å²) in [5.74, 6) is -0.237. The molecule has 1 atom stereocenters. The van der Waals surface area contributed by atoms with E-state index in [-0.39, 0.29) is 18.4 Å². The number of piperidine rings is 1. The van der Waals surface area contributed by atoms with Crippen LogP contribution in [0.5, 0.6) is 0 Å². The molecule has 1 saturated heterocycles. The van der Waals surface area contributed by atoms with Gasteiger partial charge >= 0.3 is 0 Å². The second-order valence-electron chi connectivity index (χ2n) is 7.34. The Morgan fingerprint density at radius 2 is 1.81 bits per heavy atom. The van der Waals surface area contributed by atoms with Gasteiger partial charge in [-0.2, -0.15) is 4.31 Å². The molecular weight excluding hydrogens is 360 g/mol. The van der Waals surface area contributed by atoms with Crippen molar-refractivity contribution in [2.75, 3.05) is 24.5 Å². The molecule has 4 rings (SSSR count). The normalized spacial score (nSPS) is 20.5. The third-order valence-corrected chi connectivity index (χ3v) is 7.46. The van der Waals surface area contributed by atoms with Gasteiger partial charge in [-0.05, 0) is 49.4 Å². The van der Waals surface area contributed by atoms with E-state index < -0.39 is 10.0 Å². The highest BCUT2D eigenvalue weighted by molar-refractivity contribution is 7.89. The Morgan fingerprint density at radius 1 is 1.04 bits per heavy atom. The van der Waals surface area contributed by atoms with Gasteiger partial charge in [-0.3, -0.25) is 4.79 Å². The summed E-state index contributed by atoms with van der Waals surface area (Å²) in [6.45, 7) is 3.43. The van der Waals surface area contributed by atoms with Gasteiger partial charge in [-0.25, -0.2) is 8.42 Å². The van der Waals surface area contributed by atoms with Gasteiger partial charge in [0.2, 0.25) is 15.9 Å². The molecule has 0 bridgehead atoms. The Kier molecular flexibility index (Phi) is 4.78. The molecule has 0 aliphatic carbocycles. The van der Waals surface area contributed by atoms with Crippen molar-refractivity contribution in [3.05, 3.63) is 59.7 Å². The first-order chi connectivity index (χ1) is 13.0. The lowest BCUT2D eigenvalue weighted by molar-refractivity contribution is -0.123. The van der Waals surface area contributed by atoms with E-state index in [2.05, 4.69) is 6.07 Å². The van der Waals surface area contributed by atoms with E-state index >= 15 is 0 Å². The van der Waals surface area contributed by atoms with Crippen LogP contribution < -0.4 is 4.90 Å². The fourth-order valence-corrected chi connectivity index (χ4v) is 5.74. The van der Waals surface area contributed by atoms with Gasteiger partial charge in [-0.15, -0.1) is 0 Å². The number of benzene rings is 2. The minimum Gasteiger partial charge on any atom is -0.311 e. The highest BCUT2D eigenvalue weighted by Crippen LogP contribution is 2.34. The average molecular weight is 385 g/mol. The lowest BCUT2D eigenvalue weighted by atomic mass is 9.97. The standard InChI is InChI=1S/C21H24N2O3S/c1-16-7-5-8-17-12-14-23(20(16)17)21(24)18-9-6-13-22(15-18)27(25,26)19-10-3-2-4-11-19/h2-5,7-8,10-11,18H,6,9,12-15H2,1H3. The average Bonchev–Trinajstić information content (AvgIpc) is 3.14. The predicted octanol–water partition coefficient (Wildman–Crippen LogP) is 2.99. The molecule has 2 aliphatic heterocycles. The molecule has 142 valence electrons. The number of rotatable bonds is 3. The summed E-state index contributed by atoms with van der Waals surface area (Å²) in [6, 6.07) is 14.6. The van der Waals surface area contributed by atoms with Crippen LogP contribution in [-0.2, 0) is 21.2 Å². The number of anilines is 1. The summed E-state index contributed by atoms with van der Waals surface area (Å²) in [6.07, 6.45) is 2.30. The van der Waals surface area contributed by atoms with Gasteiger partial charge < -0.3 is 4.90 Å². The Labute approximate surface area is 160 Å². The van der Waals surface area contributed by atoms with Crippen LogP contribution in [-0.4, -0.2) is 38.3 Å². The van der Waals surface area contributed by atoms with Gasteiger partial charge in [0.05, 0.1) is 10.8 Å². The van der Waals surface area contributed by atoms with Crippen molar-refractivity contribution in [1.29, 1.82) is 0 Å². The van der Waals surface area contributed by atoms with Gasteiger partial charge in [-0.1, -0.05) is 36.4 Å². The molecule has 2 aliphatic rings. The second kappa shape index (κ2) is 7.09. The minimum absolute atomic E-state index is 0.0519. The summed E-state index contributed by atoms with van der Waals surface area (Å²) in [4.78, 5) is 15.4. The molecule has 2 heterocycles. The topological polar surface area (TPSA) is 57.7 Å². The third kappa shape index (κ3) is 3.28. The minimum atomic E-state index is -3.56. The number of amides is 1. The van der Waals surface area contributed by atoms with E-state index in [1.54, 1.807) is 30.3 Å². The molecule has 0 aromatic heterocycles. The van der Waals surface area contributed by atoms with E-state index in [4.69, 9.17) is 0 Å². The molecule has 27 heavy (non-hydrogen) atoms. The van der Waals surface area contributed by atoms with Crippen LogP contribution in [0.2, 0.25) is 0 Å². The maximum Gasteiger partial charge on any atom is 0.243 e. The van der Waals surface area contributed by atoms with Crippen LogP contribution in [0.15, 0.2) is 53.4 Å². The van der Waals surface area contributed by atoms with Crippen molar-refractivity contribution in [3.63, 3.8) is 0 Å². The molecule has 0 radical (unpaired) electrons. The summed E-state index contributed by atoms with van der Waals surface area (Å²) in [7, 11) is -3.56. The zero-order chi connectivity index (χ0) is 19.0. The van der Waals surface area contributed by atoms with Crippen LogP contribution in [0.3, 0.4) is 0 Å². The summed E-state index contributed by atoms with van der Waals surface area (Å²) in [5, 5.41) is 0. The monoisotopic (exact) mass is 384 g/mol. The Hall–Kier alpha value is -2.18. The molecule has 6 heteroatoms. The van der Waals surface area contributed by atoms with Crippen LogP contribution in [0.4, 0.5) is 5.69 Å². The number of hydrogen-bond donors (Lipinski definition) is 0. The van der Waals surface area contributed by atoms with Crippen LogP contribution in [0.25, 0.3) is 0 Å². The van der Waals surface area contributed by atoms with Gasteiger partial charge in [0.1, 0.15) is 0 Å². The van der Waals surface area contributed by atoms with Gasteiger partial charge in [0.25, 0.3) is 0 Å². The van der Waals surface area contributed by atoms with E-state index in [1.807, 2.05) is 24.0 Å². The predicted molar refractivity (Wildman–Crippen MR) is 105 cm³/mol. The van der Waals surface area contributed by atoms with E-state index in [9.17, 15) is 13.2 Å². The molecule has 1 fully saturated rings. The van der Waals surface area contributed by atoms with Crippen molar-refractivity contribution in [1.82, 2.24) is 4.31 Å².